The Morgan fingerprint density at radius 2 is 1.98 bits per heavy atom. The number of halogens is 1. The molecule has 11 heteroatoms. The SMILES string of the molecule is Cc1ccsc1C(=O)N(c1ccc(CCNC[C@H](O)COc2cccc3[nH]c(=O)[nH]c23)cc1)C1CCN(I)CC1. The van der Waals surface area contributed by atoms with E-state index >= 15 is 0 Å². The molecule has 1 fully saturated rings. The third kappa shape index (κ3) is 6.95. The van der Waals surface area contributed by atoms with E-state index in [4.69, 9.17) is 4.74 Å². The zero-order valence-corrected chi connectivity index (χ0v) is 25.3. The predicted molar refractivity (Wildman–Crippen MR) is 168 cm³/mol. The van der Waals surface area contributed by atoms with Gasteiger partial charge in [-0.05, 0) is 79.6 Å². The number of para-hydroxylation sites is 1. The van der Waals surface area contributed by atoms with E-state index in [0.717, 1.165) is 54.0 Å². The molecule has 2 aromatic carbocycles. The number of anilines is 1. The summed E-state index contributed by atoms with van der Waals surface area (Å²) in [5.41, 5.74) is 4.09. The number of aromatic nitrogens is 2. The first kappa shape index (κ1) is 28.8. The lowest BCUT2D eigenvalue weighted by Crippen LogP contribution is -2.45. The van der Waals surface area contributed by atoms with E-state index in [1.807, 2.05) is 23.3 Å². The summed E-state index contributed by atoms with van der Waals surface area (Å²) in [5.74, 6) is 0.612. The topological polar surface area (TPSA) is 114 Å². The summed E-state index contributed by atoms with van der Waals surface area (Å²) in [7, 11) is 0. The van der Waals surface area contributed by atoms with Crippen LogP contribution in [0.4, 0.5) is 5.69 Å². The highest BCUT2D eigenvalue weighted by atomic mass is 127. The number of aromatic amines is 2. The second-order valence-corrected chi connectivity index (χ2v) is 12.4. The number of hydrogen-bond acceptors (Lipinski definition) is 7. The Hall–Kier alpha value is -2.71. The maximum Gasteiger partial charge on any atom is 0.323 e. The lowest BCUT2D eigenvalue weighted by atomic mass is 10.0. The minimum Gasteiger partial charge on any atom is -0.489 e. The molecule has 9 nitrogen and oxygen atoms in total. The van der Waals surface area contributed by atoms with E-state index in [1.54, 1.807) is 18.2 Å². The van der Waals surface area contributed by atoms with Gasteiger partial charge in [-0.1, -0.05) is 18.2 Å². The van der Waals surface area contributed by atoms with Crippen molar-refractivity contribution in [2.75, 3.05) is 37.7 Å². The highest BCUT2D eigenvalue weighted by Gasteiger charge is 2.30. The normalized spacial score (nSPS) is 15.4. The Labute approximate surface area is 251 Å². The maximum absolute atomic E-state index is 13.6. The van der Waals surface area contributed by atoms with Gasteiger partial charge in [0.1, 0.15) is 24.0 Å². The Morgan fingerprint density at radius 1 is 1.20 bits per heavy atom. The Kier molecular flexibility index (Phi) is 9.58. The molecule has 0 spiro atoms. The van der Waals surface area contributed by atoms with E-state index in [-0.39, 0.29) is 24.2 Å². The van der Waals surface area contributed by atoms with Crippen LogP contribution in [-0.2, 0) is 6.42 Å². The number of rotatable bonds is 11. The summed E-state index contributed by atoms with van der Waals surface area (Å²) in [6, 6.07) is 15.8. The first-order valence-corrected chi connectivity index (χ1v) is 15.3. The molecule has 0 unspecified atom stereocenters. The highest BCUT2D eigenvalue weighted by Crippen LogP contribution is 2.29. The molecule has 2 aromatic heterocycles. The third-order valence-electron chi connectivity index (χ3n) is 7.18. The molecule has 1 saturated heterocycles. The predicted octanol–water partition coefficient (Wildman–Crippen LogP) is 4.26. The van der Waals surface area contributed by atoms with Crippen LogP contribution in [0.3, 0.4) is 0 Å². The van der Waals surface area contributed by atoms with Crippen LogP contribution < -0.4 is 20.6 Å². The van der Waals surface area contributed by atoms with Gasteiger partial charge < -0.3 is 30.0 Å². The summed E-state index contributed by atoms with van der Waals surface area (Å²) in [5, 5.41) is 15.6. The van der Waals surface area contributed by atoms with Crippen LogP contribution in [0, 0.1) is 6.92 Å². The number of aliphatic hydroxyl groups excluding tert-OH is 1. The van der Waals surface area contributed by atoms with Gasteiger partial charge in [0, 0.05) is 54.2 Å². The van der Waals surface area contributed by atoms with Crippen molar-refractivity contribution in [2.24, 2.45) is 0 Å². The van der Waals surface area contributed by atoms with Crippen LogP contribution >= 0.6 is 34.2 Å². The standard InChI is InChI=1S/C29H34IN5O4S/c1-19-12-16-40-27(19)28(37)35(22-10-14-34(30)15-11-22)21-7-5-20(6-8-21)9-13-31-17-23(36)18-39-25-4-2-3-24-26(25)33-29(38)32-24/h2-8,12,16,22-23,31,36H,9-11,13-15,17-18H2,1H3,(H2,32,33,38)/t23-/m0/s1. The van der Waals surface area contributed by atoms with Gasteiger partial charge in [-0.25, -0.2) is 7.91 Å². The number of carbonyl (C=O) groups is 1. The molecular weight excluding hydrogens is 641 g/mol. The van der Waals surface area contributed by atoms with Crippen molar-refractivity contribution in [3.05, 3.63) is 80.4 Å². The quantitative estimate of drug-likeness (QED) is 0.107. The van der Waals surface area contributed by atoms with Crippen LogP contribution in [0.15, 0.2) is 58.7 Å². The number of piperidine rings is 1. The second-order valence-electron chi connectivity index (χ2n) is 10.1. The molecule has 1 aliphatic heterocycles. The van der Waals surface area contributed by atoms with Crippen molar-refractivity contribution < 1.29 is 14.6 Å². The summed E-state index contributed by atoms with van der Waals surface area (Å²) >= 11 is 3.87. The van der Waals surface area contributed by atoms with E-state index < -0.39 is 6.10 Å². The second kappa shape index (κ2) is 13.3. The first-order valence-electron chi connectivity index (χ1n) is 13.5. The van der Waals surface area contributed by atoms with Crippen LogP contribution in [0.1, 0.15) is 33.6 Å². The van der Waals surface area contributed by atoms with Gasteiger partial charge in [-0.2, -0.15) is 0 Å². The fraction of sp³-hybridized carbons (Fsp3) is 0.379. The number of benzene rings is 2. The van der Waals surface area contributed by atoms with Crippen LogP contribution in [0.2, 0.25) is 0 Å². The van der Waals surface area contributed by atoms with E-state index in [9.17, 15) is 14.7 Å². The van der Waals surface area contributed by atoms with Gasteiger partial charge in [-0.3, -0.25) is 4.79 Å². The van der Waals surface area contributed by atoms with Crippen LogP contribution in [0.5, 0.6) is 5.75 Å². The number of nitrogens with zero attached hydrogens (tertiary/aromatic N) is 2. The molecule has 4 N–H and O–H groups in total. The van der Waals surface area contributed by atoms with E-state index in [0.29, 0.717) is 29.9 Å². The summed E-state index contributed by atoms with van der Waals surface area (Å²) < 4.78 is 8.03. The van der Waals surface area contributed by atoms with E-state index in [2.05, 4.69) is 65.5 Å². The number of amides is 1. The number of nitrogens with one attached hydrogen (secondary N) is 3. The molecule has 1 aliphatic rings. The molecule has 4 aromatic rings. The van der Waals surface area contributed by atoms with Gasteiger partial charge in [0.25, 0.3) is 5.91 Å². The van der Waals surface area contributed by atoms with Crippen LogP contribution in [0.25, 0.3) is 11.0 Å². The number of fused-ring (bicyclic) bond motifs is 1. The fourth-order valence-electron chi connectivity index (χ4n) is 5.01. The minimum absolute atomic E-state index is 0.0872. The Bertz CT molecular complexity index is 1480. The van der Waals surface area contributed by atoms with Crippen molar-refractivity contribution in [1.82, 2.24) is 18.4 Å². The van der Waals surface area contributed by atoms with Crippen LogP contribution in [-0.4, -0.2) is 69.0 Å². The molecule has 40 heavy (non-hydrogen) atoms. The molecule has 1 amide bonds. The number of hydrogen-bond donors (Lipinski definition) is 4. The summed E-state index contributed by atoms with van der Waals surface area (Å²) in [4.78, 5) is 33.4. The largest absolute Gasteiger partial charge is 0.489 e. The third-order valence-corrected chi connectivity index (χ3v) is 9.15. The number of aryl methyl sites for hydroxylation is 1. The van der Waals surface area contributed by atoms with Crippen molar-refractivity contribution in [3.63, 3.8) is 0 Å². The molecule has 3 heterocycles. The maximum atomic E-state index is 13.6. The first-order chi connectivity index (χ1) is 19.4. The lowest BCUT2D eigenvalue weighted by molar-refractivity contribution is 0.0972. The molecule has 0 aliphatic carbocycles. The van der Waals surface area contributed by atoms with Crippen molar-refractivity contribution in [3.8, 4) is 5.75 Å². The number of H-pyrrole nitrogens is 2. The van der Waals surface area contributed by atoms with Crippen molar-refractivity contribution >= 4 is 56.8 Å². The van der Waals surface area contributed by atoms with Crippen molar-refractivity contribution in [1.29, 1.82) is 0 Å². The fourth-order valence-corrected chi connectivity index (χ4v) is 6.43. The monoisotopic (exact) mass is 675 g/mol. The zero-order valence-electron chi connectivity index (χ0n) is 22.4. The highest BCUT2D eigenvalue weighted by molar-refractivity contribution is 14.1. The lowest BCUT2D eigenvalue weighted by Gasteiger charge is -2.36. The van der Waals surface area contributed by atoms with E-state index in [1.165, 1.54) is 11.3 Å². The smallest absolute Gasteiger partial charge is 0.323 e. The van der Waals surface area contributed by atoms with Gasteiger partial charge in [-0.15, -0.1) is 11.3 Å². The molecule has 5 rings (SSSR count). The van der Waals surface area contributed by atoms with Crippen molar-refractivity contribution in [2.45, 2.75) is 38.3 Å². The minimum atomic E-state index is -0.697. The zero-order chi connectivity index (χ0) is 28.1. The molecule has 1 atom stereocenters. The summed E-state index contributed by atoms with van der Waals surface area (Å²) in [6.07, 6.45) is 2.00. The number of aliphatic hydroxyl groups is 1. The Morgan fingerprint density at radius 3 is 2.70 bits per heavy atom. The van der Waals surface area contributed by atoms with Gasteiger partial charge in [0.15, 0.2) is 0 Å². The number of imidazole rings is 1. The van der Waals surface area contributed by atoms with Gasteiger partial charge in [0.05, 0.1) is 10.4 Å². The average molecular weight is 676 g/mol. The number of ether oxygens (including phenoxy) is 1. The Balaban J connectivity index is 1.13. The van der Waals surface area contributed by atoms with Gasteiger partial charge >= 0.3 is 5.69 Å². The molecule has 212 valence electrons. The number of carbonyl (C=O) groups excluding carboxylic acids is 1. The summed E-state index contributed by atoms with van der Waals surface area (Å²) in [6.45, 7) is 5.13. The van der Waals surface area contributed by atoms with Gasteiger partial charge in [0.2, 0.25) is 0 Å². The molecule has 0 saturated carbocycles. The molecular formula is C29H34IN5O4S. The molecule has 0 bridgehead atoms. The molecule has 0 radical (unpaired) electrons. The number of thiophene rings is 1. The average Bonchev–Trinajstić information content (AvgIpc) is 3.56.